The van der Waals surface area contributed by atoms with Crippen molar-refractivity contribution in [2.24, 2.45) is 0 Å². The van der Waals surface area contributed by atoms with Crippen molar-refractivity contribution in [1.82, 2.24) is 4.98 Å². The maximum absolute atomic E-state index is 11.8. The van der Waals surface area contributed by atoms with Crippen molar-refractivity contribution in [2.45, 2.75) is 0 Å². The lowest BCUT2D eigenvalue weighted by Crippen LogP contribution is -1.96. The Morgan fingerprint density at radius 3 is 2.61 bits per heavy atom. The van der Waals surface area contributed by atoms with Gasteiger partial charge in [-0.25, -0.2) is 4.98 Å². The molecule has 0 unspecified atom stereocenters. The highest BCUT2D eigenvalue weighted by Gasteiger charge is 2.00. The molecule has 18 heavy (non-hydrogen) atoms. The Kier molecular flexibility index (Phi) is 4.10. The summed E-state index contributed by atoms with van der Waals surface area (Å²) in [6, 6.07) is 12.3. The molecule has 0 spiro atoms. The van der Waals surface area contributed by atoms with E-state index in [0.717, 1.165) is 0 Å². The fourth-order valence-electron chi connectivity index (χ4n) is 1.36. The fourth-order valence-corrected chi connectivity index (χ4v) is 1.49. The molecular formula is C14H11ClN2O. The van der Waals surface area contributed by atoms with Crippen LogP contribution in [-0.2, 0) is 0 Å². The molecule has 0 fully saturated rings. The number of pyridine rings is 1. The van der Waals surface area contributed by atoms with E-state index in [0.29, 0.717) is 16.4 Å². The first-order chi connectivity index (χ1) is 8.75. The number of rotatable bonds is 4. The second-order valence-electron chi connectivity index (χ2n) is 3.56. The molecule has 0 aliphatic heterocycles. The van der Waals surface area contributed by atoms with Crippen LogP contribution in [0.15, 0.2) is 60.9 Å². The maximum atomic E-state index is 11.8. The number of hydrogen-bond donors (Lipinski definition) is 1. The van der Waals surface area contributed by atoms with Crippen molar-refractivity contribution in [1.29, 1.82) is 0 Å². The first-order valence-corrected chi connectivity index (χ1v) is 5.77. The van der Waals surface area contributed by atoms with Gasteiger partial charge in [0, 0.05) is 29.1 Å². The molecule has 0 aliphatic carbocycles. The first-order valence-electron chi connectivity index (χ1n) is 5.40. The van der Waals surface area contributed by atoms with Crippen LogP contribution in [0.3, 0.4) is 0 Å². The van der Waals surface area contributed by atoms with Crippen LogP contribution >= 0.6 is 11.6 Å². The molecule has 0 saturated carbocycles. The minimum Gasteiger partial charge on any atom is -0.347 e. The molecule has 90 valence electrons. The van der Waals surface area contributed by atoms with Gasteiger partial charge in [-0.1, -0.05) is 17.7 Å². The molecule has 0 atom stereocenters. The number of aromatic nitrogens is 1. The minimum atomic E-state index is -0.0879. The highest BCUT2D eigenvalue weighted by atomic mass is 35.5. The number of carbonyl (C=O) groups excluding carboxylic acids is 1. The predicted octanol–water partition coefficient (Wildman–Crippen LogP) is 3.54. The largest absolute Gasteiger partial charge is 0.347 e. The van der Waals surface area contributed by atoms with E-state index in [4.69, 9.17) is 11.6 Å². The lowest BCUT2D eigenvalue weighted by molar-refractivity contribution is 0.104. The molecular weight excluding hydrogens is 248 g/mol. The Labute approximate surface area is 110 Å². The summed E-state index contributed by atoms with van der Waals surface area (Å²) >= 11 is 5.75. The molecule has 0 radical (unpaired) electrons. The van der Waals surface area contributed by atoms with Crippen molar-refractivity contribution in [3.05, 3.63) is 71.5 Å². The zero-order valence-corrected chi connectivity index (χ0v) is 10.3. The number of carbonyl (C=O) groups is 1. The van der Waals surface area contributed by atoms with Gasteiger partial charge < -0.3 is 5.32 Å². The van der Waals surface area contributed by atoms with E-state index in [1.807, 2.05) is 18.2 Å². The molecule has 1 aromatic heterocycles. The second-order valence-corrected chi connectivity index (χ2v) is 4.00. The van der Waals surface area contributed by atoms with E-state index in [1.165, 1.54) is 6.08 Å². The Morgan fingerprint density at radius 2 is 1.94 bits per heavy atom. The topological polar surface area (TPSA) is 42.0 Å². The van der Waals surface area contributed by atoms with Gasteiger partial charge in [0.2, 0.25) is 0 Å². The number of allylic oxidation sites excluding steroid dienone is 1. The number of benzene rings is 1. The van der Waals surface area contributed by atoms with Gasteiger partial charge in [0.05, 0.1) is 0 Å². The van der Waals surface area contributed by atoms with E-state index in [1.54, 1.807) is 36.7 Å². The number of nitrogens with one attached hydrogen (secondary N) is 1. The molecule has 1 aromatic carbocycles. The van der Waals surface area contributed by atoms with E-state index < -0.39 is 0 Å². The van der Waals surface area contributed by atoms with Gasteiger partial charge in [0.25, 0.3) is 0 Å². The third-order valence-electron chi connectivity index (χ3n) is 2.26. The van der Waals surface area contributed by atoms with Crippen LogP contribution in [0.5, 0.6) is 0 Å². The molecule has 3 nitrogen and oxygen atoms in total. The second kappa shape index (κ2) is 5.98. The quantitative estimate of drug-likeness (QED) is 0.674. The molecule has 0 bridgehead atoms. The molecule has 1 heterocycles. The van der Waals surface area contributed by atoms with Crippen molar-refractivity contribution in [2.75, 3.05) is 5.32 Å². The molecule has 0 saturated heterocycles. The van der Waals surface area contributed by atoms with Crippen LogP contribution in [-0.4, -0.2) is 10.8 Å². The number of ketones is 1. The van der Waals surface area contributed by atoms with Crippen molar-refractivity contribution in [3.8, 4) is 0 Å². The third kappa shape index (κ3) is 3.43. The monoisotopic (exact) mass is 258 g/mol. The van der Waals surface area contributed by atoms with E-state index >= 15 is 0 Å². The van der Waals surface area contributed by atoms with E-state index in [9.17, 15) is 4.79 Å². The van der Waals surface area contributed by atoms with Crippen molar-refractivity contribution < 1.29 is 4.79 Å². The van der Waals surface area contributed by atoms with E-state index in [2.05, 4.69) is 10.3 Å². The number of nitrogens with zero attached hydrogens (tertiary/aromatic N) is 1. The summed E-state index contributed by atoms with van der Waals surface area (Å²) in [5.74, 6) is 0.604. The smallest absolute Gasteiger partial charge is 0.187 e. The Balaban J connectivity index is 1.97. The minimum absolute atomic E-state index is 0.0879. The predicted molar refractivity (Wildman–Crippen MR) is 72.8 cm³/mol. The summed E-state index contributed by atoms with van der Waals surface area (Å²) in [4.78, 5) is 15.8. The van der Waals surface area contributed by atoms with Crippen molar-refractivity contribution >= 4 is 23.2 Å². The zero-order valence-electron chi connectivity index (χ0n) is 9.51. The molecule has 2 aromatic rings. The normalized spacial score (nSPS) is 10.5. The third-order valence-corrected chi connectivity index (χ3v) is 2.51. The fraction of sp³-hybridized carbons (Fsp3) is 0. The Hall–Kier alpha value is -2.13. The van der Waals surface area contributed by atoms with Gasteiger partial charge in [-0.3, -0.25) is 4.79 Å². The van der Waals surface area contributed by atoms with Gasteiger partial charge in [-0.2, -0.15) is 0 Å². The van der Waals surface area contributed by atoms with E-state index in [-0.39, 0.29) is 5.78 Å². The number of halogens is 1. The lowest BCUT2D eigenvalue weighted by atomic mass is 10.1. The van der Waals surface area contributed by atoms with Gasteiger partial charge >= 0.3 is 0 Å². The molecule has 4 heteroatoms. The summed E-state index contributed by atoms with van der Waals surface area (Å²) in [6.45, 7) is 0. The van der Waals surface area contributed by atoms with Crippen LogP contribution in [0.1, 0.15) is 10.4 Å². The van der Waals surface area contributed by atoms with Gasteiger partial charge in [-0.05, 0) is 36.4 Å². The van der Waals surface area contributed by atoms with Gasteiger partial charge in [0.1, 0.15) is 5.82 Å². The SMILES string of the molecule is O=C(/C=C\Nc1ccccn1)c1ccc(Cl)cc1. The molecule has 0 amide bonds. The standard InChI is InChI=1S/C14H11ClN2O/c15-12-6-4-11(5-7-12)13(18)8-10-17-14-3-1-2-9-16-14/h1-10H,(H,16,17)/b10-8-. The maximum Gasteiger partial charge on any atom is 0.187 e. The van der Waals surface area contributed by atoms with Gasteiger partial charge in [0.15, 0.2) is 5.78 Å². The summed E-state index contributed by atoms with van der Waals surface area (Å²) in [6.07, 6.45) is 4.70. The molecule has 1 N–H and O–H groups in total. The Morgan fingerprint density at radius 1 is 1.17 bits per heavy atom. The lowest BCUT2D eigenvalue weighted by Gasteiger charge is -1.98. The van der Waals surface area contributed by atoms with Crippen LogP contribution in [0, 0.1) is 0 Å². The Bertz CT molecular complexity index is 550. The summed E-state index contributed by atoms with van der Waals surface area (Å²) in [5.41, 5.74) is 0.596. The van der Waals surface area contributed by atoms with Crippen LogP contribution in [0.4, 0.5) is 5.82 Å². The molecule has 2 rings (SSSR count). The zero-order chi connectivity index (χ0) is 12.8. The summed E-state index contributed by atoms with van der Waals surface area (Å²) < 4.78 is 0. The average molecular weight is 259 g/mol. The number of hydrogen-bond acceptors (Lipinski definition) is 3. The average Bonchev–Trinajstić information content (AvgIpc) is 2.40. The van der Waals surface area contributed by atoms with Crippen LogP contribution in [0.2, 0.25) is 5.02 Å². The highest BCUT2D eigenvalue weighted by Crippen LogP contribution is 2.10. The van der Waals surface area contributed by atoms with Crippen molar-refractivity contribution in [3.63, 3.8) is 0 Å². The summed E-state index contributed by atoms with van der Waals surface area (Å²) in [7, 11) is 0. The van der Waals surface area contributed by atoms with Crippen LogP contribution in [0.25, 0.3) is 0 Å². The summed E-state index contributed by atoms with van der Waals surface area (Å²) in [5, 5.41) is 3.53. The van der Waals surface area contributed by atoms with Crippen LogP contribution < -0.4 is 5.32 Å². The van der Waals surface area contributed by atoms with Gasteiger partial charge in [-0.15, -0.1) is 0 Å². The molecule has 0 aliphatic rings. The number of anilines is 1. The highest BCUT2D eigenvalue weighted by molar-refractivity contribution is 6.30. The first kappa shape index (κ1) is 12.3.